The molecule has 1 aliphatic heterocycles. The molecular formula is C14H24Cl2N2O3. The van der Waals surface area contributed by atoms with Gasteiger partial charge in [0.05, 0.1) is 19.8 Å². The molecule has 1 aliphatic rings. The number of methoxy groups -OCH3 is 2. The molecule has 0 saturated carbocycles. The van der Waals surface area contributed by atoms with Gasteiger partial charge in [-0.05, 0) is 6.92 Å². The Morgan fingerprint density at radius 2 is 1.57 bits per heavy atom. The van der Waals surface area contributed by atoms with Crippen molar-refractivity contribution in [2.75, 3.05) is 40.4 Å². The van der Waals surface area contributed by atoms with Gasteiger partial charge in [-0.2, -0.15) is 0 Å². The summed E-state index contributed by atoms with van der Waals surface area (Å²) in [4.78, 5) is 2.38. The fourth-order valence-electron chi connectivity index (χ4n) is 2.59. The zero-order valence-corrected chi connectivity index (χ0v) is 14.2. The Morgan fingerprint density at radius 3 is 2.00 bits per heavy atom. The van der Waals surface area contributed by atoms with E-state index in [1.165, 1.54) is 0 Å². The van der Waals surface area contributed by atoms with E-state index in [-0.39, 0.29) is 36.6 Å². The Kier molecular flexibility index (Phi) is 8.82. The average molecular weight is 339 g/mol. The van der Waals surface area contributed by atoms with E-state index in [1.807, 2.05) is 0 Å². The van der Waals surface area contributed by atoms with Crippen molar-refractivity contribution in [1.29, 1.82) is 0 Å². The molecule has 0 amide bonds. The van der Waals surface area contributed by atoms with Crippen LogP contribution in [0.1, 0.15) is 18.5 Å². The summed E-state index contributed by atoms with van der Waals surface area (Å²) in [6.45, 7) is 6.12. The highest BCUT2D eigenvalue weighted by molar-refractivity contribution is 5.85. The molecule has 1 atom stereocenters. The van der Waals surface area contributed by atoms with Crippen LogP contribution in [0.4, 0.5) is 0 Å². The molecule has 21 heavy (non-hydrogen) atoms. The first-order valence-electron chi connectivity index (χ1n) is 6.57. The van der Waals surface area contributed by atoms with Crippen LogP contribution in [0.25, 0.3) is 0 Å². The summed E-state index contributed by atoms with van der Waals surface area (Å²) in [6.07, 6.45) is 0. The molecule has 0 aliphatic carbocycles. The highest BCUT2D eigenvalue weighted by atomic mass is 35.5. The summed E-state index contributed by atoms with van der Waals surface area (Å²) in [6, 6.07) is 3.46. The Balaban J connectivity index is 0.00000200. The standard InChI is InChI=1S/C14H22N2O3.2ClH/c1-10(16-6-4-15-5-7-16)14-12(18-2)8-11(17)9-13(14)19-3;;/h8-10,15,17H,4-7H2,1-3H3;2*1H/t10-;;/m0../s1. The van der Waals surface area contributed by atoms with Crippen LogP contribution in [0.15, 0.2) is 12.1 Å². The number of rotatable bonds is 4. The predicted octanol–water partition coefficient (Wildman–Crippen LogP) is 2.22. The van der Waals surface area contributed by atoms with Crippen molar-refractivity contribution < 1.29 is 14.6 Å². The number of hydrogen-bond acceptors (Lipinski definition) is 5. The lowest BCUT2D eigenvalue weighted by molar-refractivity contribution is 0.179. The molecule has 0 bridgehead atoms. The summed E-state index contributed by atoms with van der Waals surface area (Å²) in [5, 5.41) is 13.0. The normalized spacial score (nSPS) is 16.3. The zero-order chi connectivity index (χ0) is 13.8. The second kappa shape index (κ2) is 9.20. The number of nitrogens with zero attached hydrogens (tertiary/aromatic N) is 1. The van der Waals surface area contributed by atoms with Crippen molar-refractivity contribution >= 4 is 24.8 Å². The number of hydrogen-bond donors (Lipinski definition) is 2. The summed E-state index contributed by atoms with van der Waals surface area (Å²) >= 11 is 0. The Bertz CT molecular complexity index is 415. The largest absolute Gasteiger partial charge is 0.508 e. The number of phenols is 1. The lowest BCUT2D eigenvalue weighted by atomic mass is 10.0. The fraction of sp³-hybridized carbons (Fsp3) is 0.571. The second-order valence-electron chi connectivity index (χ2n) is 4.73. The number of ether oxygens (including phenoxy) is 2. The first-order valence-corrected chi connectivity index (χ1v) is 6.57. The van der Waals surface area contributed by atoms with E-state index in [9.17, 15) is 5.11 Å². The Hall–Kier alpha value is -0.880. The van der Waals surface area contributed by atoms with Gasteiger partial charge in [0, 0.05) is 44.4 Å². The van der Waals surface area contributed by atoms with Gasteiger partial charge in [0.2, 0.25) is 0 Å². The van der Waals surface area contributed by atoms with Gasteiger partial charge in [-0.25, -0.2) is 0 Å². The van der Waals surface area contributed by atoms with E-state index in [4.69, 9.17) is 9.47 Å². The molecule has 0 aromatic heterocycles. The van der Waals surface area contributed by atoms with Gasteiger partial charge in [0.25, 0.3) is 0 Å². The van der Waals surface area contributed by atoms with Crippen molar-refractivity contribution in [2.24, 2.45) is 0 Å². The molecule has 1 aromatic rings. The van der Waals surface area contributed by atoms with E-state index < -0.39 is 0 Å². The van der Waals surface area contributed by atoms with Crippen LogP contribution in [0, 0.1) is 0 Å². The fourth-order valence-corrected chi connectivity index (χ4v) is 2.59. The van der Waals surface area contributed by atoms with Crippen LogP contribution >= 0.6 is 24.8 Å². The first-order chi connectivity index (χ1) is 9.17. The lowest BCUT2D eigenvalue weighted by Gasteiger charge is -2.34. The highest BCUT2D eigenvalue weighted by Crippen LogP contribution is 2.39. The van der Waals surface area contributed by atoms with Gasteiger partial charge in [-0.1, -0.05) is 0 Å². The molecule has 1 fully saturated rings. The number of halogens is 2. The van der Waals surface area contributed by atoms with Crippen LogP contribution in [-0.2, 0) is 0 Å². The van der Waals surface area contributed by atoms with Gasteiger partial charge in [0.15, 0.2) is 0 Å². The molecule has 1 aromatic carbocycles. The molecule has 5 nitrogen and oxygen atoms in total. The minimum absolute atomic E-state index is 0. The smallest absolute Gasteiger partial charge is 0.131 e. The number of phenolic OH excluding ortho intramolecular Hbond substituents is 1. The monoisotopic (exact) mass is 338 g/mol. The maximum absolute atomic E-state index is 9.69. The Morgan fingerprint density at radius 1 is 1.10 bits per heavy atom. The molecular weight excluding hydrogens is 315 g/mol. The molecule has 2 rings (SSSR count). The van der Waals surface area contributed by atoms with Gasteiger partial charge in [-0.3, -0.25) is 4.90 Å². The second-order valence-corrected chi connectivity index (χ2v) is 4.73. The van der Waals surface area contributed by atoms with Crippen LogP contribution in [-0.4, -0.2) is 50.4 Å². The average Bonchev–Trinajstić information content (AvgIpc) is 2.46. The quantitative estimate of drug-likeness (QED) is 0.881. The summed E-state index contributed by atoms with van der Waals surface area (Å²) in [5.41, 5.74) is 0.990. The number of benzene rings is 1. The maximum atomic E-state index is 9.69. The summed E-state index contributed by atoms with van der Waals surface area (Å²) in [5.74, 6) is 1.50. The van der Waals surface area contributed by atoms with Crippen molar-refractivity contribution in [3.05, 3.63) is 17.7 Å². The maximum Gasteiger partial charge on any atom is 0.131 e. The lowest BCUT2D eigenvalue weighted by Crippen LogP contribution is -2.44. The predicted molar refractivity (Wildman–Crippen MR) is 88.6 cm³/mol. The van der Waals surface area contributed by atoms with E-state index in [0.717, 1.165) is 31.7 Å². The van der Waals surface area contributed by atoms with Crippen LogP contribution in [0.2, 0.25) is 0 Å². The molecule has 1 heterocycles. The molecule has 0 unspecified atom stereocenters. The van der Waals surface area contributed by atoms with E-state index in [1.54, 1.807) is 26.4 Å². The van der Waals surface area contributed by atoms with Crippen LogP contribution < -0.4 is 14.8 Å². The highest BCUT2D eigenvalue weighted by Gasteiger charge is 2.24. The molecule has 122 valence electrons. The van der Waals surface area contributed by atoms with Gasteiger partial charge in [-0.15, -0.1) is 24.8 Å². The third kappa shape index (κ3) is 4.54. The van der Waals surface area contributed by atoms with E-state index in [0.29, 0.717) is 11.5 Å². The molecule has 2 N–H and O–H groups in total. The third-order valence-electron chi connectivity index (χ3n) is 3.65. The molecule has 0 spiro atoms. The molecule has 1 saturated heterocycles. The SMILES string of the molecule is COc1cc(O)cc(OC)c1[C@H](C)N1CCNCC1.Cl.Cl. The topological polar surface area (TPSA) is 54.0 Å². The minimum atomic E-state index is 0. The zero-order valence-electron chi connectivity index (χ0n) is 12.6. The van der Waals surface area contributed by atoms with Crippen LogP contribution in [0.5, 0.6) is 17.2 Å². The van der Waals surface area contributed by atoms with Crippen molar-refractivity contribution in [3.8, 4) is 17.2 Å². The number of piperazine rings is 1. The Labute approximate surface area is 138 Å². The molecule has 0 radical (unpaired) electrons. The summed E-state index contributed by atoms with van der Waals surface area (Å²) < 4.78 is 10.8. The van der Waals surface area contributed by atoms with Gasteiger partial charge >= 0.3 is 0 Å². The van der Waals surface area contributed by atoms with Crippen molar-refractivity contribution in [1.82, 2.24) is 10.2 Å². The van der Waals surface area contributed by atoms with Gasteiger partial charge in [0.1, 0.15) is 17.2 Å². The third-order valence-corrected chi connectivity index (χ3v) is 3.65. The van der Waals surface area contributed by atoms with Crippen molar-refractivity contribution in [2.45, 2.75) is 13.0 Å². The van der Waals surface area contributed by atoms with Crippen LogP contribution in [0.3, 0.4) is 0 Å². The van der Waals surface area contributed by atoms with Gasteiger partial charge < -0.3 is 19.9 Å². The van der Waals surface area contributed by atoms with Crippen molar-refractivity contribution in [3.63, 3.8) is 0 Å². The van der Waals surface area contributed by atoms with E-state index >= 15 is 0 Å². The number of nitrogens with one attached hydrogen (secondary N) is 1. The number of aromatic hydroxyl groups is 1. The minimum Gasteiger partial charge on any atom is -0.508 e. The molecule has 7 heteroatoms. The van der Waals surface area contributed by atoms with E-state index in [2.05, 4.69) is 17.1 Å². The summed E-state index contributed by atoms with van der Waals surface area (Å²) in [7, 11) is 3.23. The first kappa shape index (κ1) is 20.1.